The van der Waals surface area contributed by atoms with Crippen molar-refractivity contribution in [3.63, 3.8) is 0 Å². The summed E-state index contributed by atoms with van der Waals surface area (Å²) < 4.78 is 4.94. The Morgan fingerprint density at radius 2 is 2.24 bits per heavy atom. The molecule has 1 aromatic carbocycles. The first-order valence-corrected chi connectivity index (χ1v) is 5.84. The maximum atomic E-state index is 11.8. The zero-order chi connectivity index (χ0) is 12.5. The van der Waals surface area contributed by atoms with Crippen molar-refractivity contribution < 1.29 is 9.53 Å². The second-order valence-corrected chi connectivity index (χ2v) is 3.86. The van der Waals surface area contributed by atoms with Gasteiger partial charge in [0.2, 0.25) is 0 Å². The monoisotopic (exact) mass is 236 g/mol. The van der Waals surface area contributed by atoms with Gasteiger partial charge in [-0.25, -0.2) is 0 Å². The van der Waals surface area contributed by atoms with Crippen molar-refractivity contribution in [1.82, 2.24) is 5.32 Å². The molecule has 0 unspecified atom stereocenters. The van der Waals surface area contributed by atoms with Crippen molar-refractivity contribution in [2.24, 2.45) is 5.73 Å². The topological polar surface area (TPSA) is 64.3 Å². The summed E-state index contributed by atoms with van der Waals surface area (Å²) in [4.78, 5) is 11.8. The summed E-state index contributed by atoms with van der Waals surface area (Å²) in [6.07, 6.45) is 1.88. The minimum atomic E-state index is -0.0438. The predicted molar refractivity (Wildman–Crippen MR) is 67.8 cm³/mol. The fourth-order valence-corrected chi connectivity index (χ4v) is 1.51. The molecule has 0 bridgehead atoms. The molecule has 3 N–H and O–H groups in total. The molecular weight excluding hydrogens is 216 g/mol. The largest absolute Gasteiger partial charge is 0.385 e. The van der Waals surface area contributed by atoms with E-state index in [9.17, 15) is 4.79 Å². The van der Waals surface area contributed by atoms with Crippen LogP contribution in [0.1, 0.15) is 28.8 Å². The molecule has 0 spiro atoms. The summed E-state index contributed by atoms with van der Waals surface area (Å²) in [5, 5.41) is 2.87. The van der Waals surface area contributed by atoms with Crippen LogP contribution in [0, 0.1) is 0 Å². The van der Waals surface area contributed by atoms with Gasteiger partial charge in [-0.2, -0.15) is 0 Å². The first-order chi connectivity index (χ1) is 8.27. The van der Waals surface area contributed by atoms with Crippen molar-refractivity contribution in [3.05, 3.63) is 35.4 Å². The van der Waals surface area contributed by atoms with Gasteiger partial charge in [0.05, 0.1) is 0 Å². The van der Waals surface area contributed by atoms with Gasteiger partial charge in [0, 0.05) is 32.4 Å². The number of nitrogens with two attached hydrogens (primary N) is 1. The highest BCUT2D eigenvalue weighted by Crippen LogP contribution is 2.04. The van der Waals surface area contributed by atoms with Gasteiger partial charge in [0.15, 0.2) is 0 Å². The number of hydrogen-bond acceptors (Lipinski definition) is 3. The van der Waals surface area contributed by atoms with Crippen molar-refractivity contribution in [2.45, 2.75) is 19.4 Å². The van der Waals surface area contributed by atoms with Crippen LogP contribution in [0.4, 0.5) is 0 Å². The average molecular weight is 236 g/mol. The third kappa shape index (κ3) is 4.97. The van der Waals surface area contributed by atoms with Gasteiger partial charge in [-0.15, -0.1) is 0 Å². The highest BCUT2D eigenvalue weighted by Gasteiger charge is 2.04. The molecule has 0 fully saturated rings. The third-order valence-corrected chi connectivity index (χ3v) is 2.49. The highest BCUT2D eigenvalue weighted by molar-refractivity contribution is 5.94. The Morgan fingerprint density at radius 3 is 2.94 bits per heavy atom. The van der Waals surface area contributed by atoms with Crippen molar-refractivity contribution in [3.8, 4) is 0 Å². The van der Waals surface area contributed by atoms with Crippen LogP contribution in [-0.2, 0) is 11.3 Å². The highest BCUT2D eigenvalue weighted by atomic mass is 16.5. The number of rotatable bonds is 7. The summed E-state index contributed by atoms with van der Waals surface area (Å²) >= 11 is 0. The van der Waals surface area contributed by atoms with Gasteiger partial charge in [0.25, 0.3) is 5.91 Å². The lowest BCUT2D eigenvalue weighted by molar-refractivity contribution is 0.0951. The molecule has 0 aliphatic rings. The lowest BCUT2D eigenvalue weighted by atomic mass is 10.1. The van der Waals surface area contributed by atoms with Gasteiger partial charge in [0.1, 0.15) is 0 Å². The van der Waals surface area contributed by atoms with E-state index in [0.29, 0.717) is 18.7 Å². The summed E-state index contributed by atoms with van der Waals surface area (Å²) in [5.74, 6) is -0.0438. The van der Waals surface area contributed by atoms with Gasteiger partial charge < -0.3 is 15.8 Å². The lowest BCUT2D eigenvalue weighted by Crippen LogP contribution is -2.24. The number of ether oxygens (including phenoxy) is 1. The molecule has 0 atom stereocenters. The fourth-order valence-electron chi connectivity index (χ4n) is 1.51. The van der Waals surface area contributed by atoms with Gasteiger partial charge in [-0.3, -0.25) is 4.79 Å². The Morgan fingerprint density at radius 1 is 1.41 bits per heavy atom. The van der Waals surface area contributed by atoms with Crippen molar-refractivity contribution in [1.29, 1.82) is 0 Å². The van der Waals surface area contributed by atoms with Gasteiger partial charge >= 0.3 is 0 Å². The van der Waals surface area contributed by atoms with Crippen molar-refractivity contribution in [2.75, 3.05) is 20.3 Å². The Kier molecular flexibility index (Phi) is 6.29. The molecule has 0 saturated heterocycles. The summed E-state index contributed by atoms with van der Waals surface area (Å²) in [6, 6.07) is 7.38. The maximum absolute atomic E-state index is 11.8. The Bertz CT molecular complexity index is 353. The normalized spacial score (nSPS) is 10.2. The van der Waals surface area contributed by atoms with Crippen LogP contribution in [0.5, 0.6) is 0 Å². The first-order valence-electron chi connectivity index (χ1n) is 5.84. The molecule has 17 heavy (non-hydrogen) atoms. The molecule has 0 radical (unpaired) electrons. The van der Waals surface area contributed by atoms with Gasteiger partial charge in [-0.1, -0.05) is 12.1 Å². The molecule has 0 heterocycles. The van der Waals surface area contributed by atoms with E-state index in [0.717, 1.165) is 25.0 Å². The first kappa shape index (κ1) is 13.7. The maximum Gasteiger partial charge on any atom is 0.251 e. The van der Waals surface area contributed by atoms with Crippen LogP contribution in [0.2, 0.25) is 0 Å². The zero-order valence-corrected chi connectivity index (χ0v) is 10.2. The zero-order valence-electron chi connectivity index (χ0n) is 10.2. The number of unbranched alkanes of at least 4 members (excludes halogenated alkanes) is 1. The molecule has 94 valence electrons. The molecule has 0 saturated carbocycles. The molecule has 4 heteroatoms. The number of carbonyl (C=O) groups excluding carboxylic acids is 1. The van der Waals surface area contributed by atoms with Gasteiger partial charge in [-0.05, 0) is 30.5 Å². The minimum absolute atomic E-state index is 0.0438. The molecule has 1 amide bonds. The number of carbonyl (C=O) groups is 1. The van der Waals surface area contributed by atoms with Crippen molar-refractivity contribution >= 4 is 5.91 Å². The second-order valence-electron chi connectivity index (χ2n) is 3.86. The van der Waals surface area contributed by atoms with E-state index in [1.54, 1.807) is 13.2 Å². The standard InChI is InChI=1S/C13H20N2O2/c1-17-8-3-2-7-15-13(16)12-6-4-5-11(9-12)10-14/h4-6,9H,2-3,7-8,10,14H2,1H3,(H,15,16). The molecule has 0 aliphatic heterocycles. The molecule has 0 aromatic heterocycles. The van der Waals surface area contributed by atoms with Crippen LogP contribution in [0.3, 0.4) is 0 Å². The van der Waals surface area contributed by atoms with E-state index in [4.69, 9.17) is 10.5 Å². The molecule has 1 aromatic rings. The second kappa shape index (κ2) is 7.81. The Balaban J connectivity index is 2.36. The van der Waals surface area contributed by atoms with E-state index in [-0.39, 0.29) is 5.91 Å². The number of nitrogens with one attached hydrogen (secondary N) is 1. The summed E-state index contributed by atoms with van der Waals surface area (Å²) in [6.45, 7) is 1.86. The third-order valence-electron chi connectivity index (χ3n) is 2.49. The SMILES string of the molecule is COCCCCNC(=O)c1cccc(CN)c1. The quantitative estimate of drug-likeness (QED) is 0.701. The van der Waals surface area contributed by atoms with E-state index < -0.39 is 0 Å². The smallest absolute Gasteiger partial charge is 0.251 e. The van der Waals surface area contributed by atoms with E-state index in [1.165, 1.54) is 0 Å². The number of benzene rings is 1. The number of amides is 1. The average Bonchev–Trinajstić information content (AvgIpc) is 2.38. The van der Waals surface area contributed by atoms with Crippen LogP contribution in [0.25, 0.3) is 0 Å². The fraction of sp³-hybridized carbons (Fsp3) is 0.462. The summed E-state index contributed by atoms with van der Waals surface area (Å²) in [5.41, 5.74) is 7.16. The lowest BCUT2D eigenvalue weighted by Gasteiger charge is -2.06. The van der Waals surface area contributed by atoms with E-state index in [1.807, 2.05) is 18.2 Å². The predicted octanol–water partition coefficient (Wildman–Crippen LogP) is 1.30. The minimum Gasteiger partial charge on any atom is -0.385 e. The molecule has 4 nitrogen and oxygen atoms in total. The summed E-state index contributed by atoms with van der Waals surface area (Å²) in [7, 11) is 1.68. The Hall–Kier alpha value is -1.39. The van der Waals surface area contributed by atoms with E-state index >= 15 is 0 Å². The van der Waals surface area contributed by atoms with Crippen LogP contribution in [0.15, 0.2) is 24.3 Å². The number of methoxy groups -OCH3 is 1. The molecular formula is C13H20N2O2. The molecule has 0 aliphatic carbocycles. The van der Waals surface area contributed by atoms with Crippen LogP contribution >= 0.6 is 0 Å². The van der Waals surface area contributed by atoms with Crippen LogP contribution in [-0.4, -0.2) is 26.2 Å². The van der Waals surface area contributed by atoms with Crippen LogP contribution < -0.4 is 11.1 Å². The van der Waals surface area contributed by atoms with E-state index in [2.05, 4.69) is 5.32 Å². The Labute approximate surface area is 102 Å². The molecule has 1 rings (SSSR count). The number of hydrogen-bond donors (Lipinski definition) is 2.